The average Bonchev–Trinajstić information content (AvgIpc) is 4.06. The molecule has 2 fully saturated rings. The summed E-state index contributed by atoms with van der Waals surface area (Å²) in [4.78, 5) is 67.8. The zero-order valence-corrected chi connectivity index (χ0v) is 41.6. The molecule has 0 atom stereocenters. The number of ether oxygens (including phenoxy) is 4. The molecule has 0 aliphatic carbocycles. The SMILES string of the molecule is O=C(CCCCCNC(=O)c1ccc2c(c1)C(=O)OC21c2ccc(O)cc2Oc2cc(O)ccc21)NCCN1CCN(C/C=C/C(=O)N2CC(n3ccc4ncnc(Oc5ccc(Oc6ccccc6)cc5)c43)C2)CC1. The number of phenolic OH excluding ortho intramolecular Hbond substituents is 2. The van der Waals surface area contributed by atoms with Crippen LogP contribution < -0.4 is 24.8 Å². The lowest BCUT2D eigenvalue weighted by atomic mass is 9.77. The van der Waals surface area contributed by atoms with E-state index in [0.717, 1.165) is 55.9 Å². The number of phenols is 2. The summed E-state index contributed by atoms with van der Waals surface area (Å²) >= 11 is 0. The van der Waals surface area contributed by atoms with Crippen molar-refractivity contribution in [3.05, 3.63) is 168 Å². The van der Waals surface area contributed by atoms with Gasteiger partial charge in [-0.05, 0) is 91.7 Å². The molecule has 0 radical (unpaired) electrons. The third-order valence-corrected chi connectivity index (χ3v) is 14.3. The summed E-state index contributed by atoms with van der Waals surface area (Å²) in [5, 5.41) is 26.3. The molecular weight excluding hydrogens is 969 g/mol. The minimum absolute atomic E-state index is 0.000501. The van der Waals surface area contributed by atoms with Crippen molar-refractivity contribution in [3.63, 3.8) is 0 Å². The number of unbranched alkanes of at least 4 members (excludes halogenated alkanes) is 2. The summed E-state index contributed by atoms with van der Waals surface area (Å²) in [6.07, 6.45) is 9.59. The van der Waals surface area contributed by atoms with Crippen LogP contribution in [0.25, 0.3) is 11.0 Å². The molecule has 1 spiro atoms. The summed E-state index contributed by atoms with van der Waals surface area (Å²) in [5.41, 5.74) is 2.19. The van der Waals surface area contributed by atoms with Gasteiger partial charge in [0.25, 0.3) is 5.91 Å². The fourth-order valence-electron chi connectivity index (χ4n) is 10.3. The molecule has 4 aliphatic heterocycles. The molecule has 7 aromatic rings. The van der Waals surface area contributed by atoms with Gasteiger partial charge in [0.05, 0.1) is 17.1 Å². The van der Waals surface area contributed by atoms with Crippen LogP contribution in [0.1, 0.15) is 69.1 Å². The number of amides is 3. The highest BCUT2D eigenvalue weighted by Crippen LogP contribution is 2.57. The molecule has 0 saturated carbocycles. The van der Waals surface area contributed by atoms with Crippen molar-refractivity contribution in [1.29, 1.82) is 0 Å². The van der Waals surface area contributed by atoms with Crippen molar-refractivity contribution in [2.45, 2.75) is 37.3 Å². The number of fused-ring (bicyclic) bond motifs is 7. The fourth-order valence-corrected chi connectivity index (χ4v) is 10.3. The molecule has 0 unspecified atom stereocenters. The average molecular weight is 1030 g/mol. The Morgan fingerprint density at radius 2 is 1.41 bits per heavy atom. The highest BCUT2D eigenvalue weighted by Gasteiger charge is 2.54. The summed E-state index contributed by atoms with van der Waals surface area (Å²) in [5.74, 6) is 2.01. The first kappa shape index (κ1) is 49.5. The third-order valence-electron chi connectivity index (χ3n) is 14.3. The largest absolute Gasteiger partial charge is 0.508 e. The number of carbonyl (C=O) groups is 4. The van der Waals surface area contributed by atoms with Crippen LogP contribution in [-0.2, 0) is 19.9 Å². The number of nitrogens with zero attached hydrogens (tertiary/aromatic N) is 6. The van der Waals surface area contributed by atoms with Gasteiger partial charge in [0, 0.05) is 119 Å². The van der Waals surface area contributed by atoms with Crippen LogP contribution in [0, 0.1) is 0 Å². The molecule has 6 heterocycles. The van der Waals surface area contributed by atoms with E-state index in [0.29, 0.717) is 91.6 Å². The highest BCUT2D eigenvalue weighted by molar-refractivity contribution is 6.01. The lowest BCUT2D eigenvalue weighted by Crippen LogP contribution is -2.50. The van der Waals surface area contributed by atoms with E-state index in [1.807, 2.05) is 77.8 Å². The number of likely N-dealkylation sites (tertiary alicyclic amines) is 1. The first-order valence-corrected chi connectivity index (χ1v) is 25.6. The lowest BCUT2D eigenvalue weighted by molar-refractivity contribution is -0.131. The van der Waals surface area contributed by atoms with Gasteiger partial charge in [0.1, 0.15) is 52.1 Å². The number of esters is 1. The summed E-state index contributed by atoms with van der Waals surface area (Å²) in [6, 6.07) is 32.9. The standard InChI is InChI=1S/C58H56N8O10/c67-40-13-20-47-50(33-40)75-51-34-41(68)14-21-48(51)58(47)46-19-12-38(32-45(46)57(72)76-58)55(71)60-23-6-2-5-10-52(69)59-24-27-64-30-28-63(29-31-64)25-7-11-53(70)65-35-39(36-65)66-26-22-49-54(66)56(62-37-61-49)74-44-17-15-43(16-18-44)73-42-8-3-1-4-9-42/h1,3-4,7-9,11-22,26,32-34,37,39,67-68H,2,5-6,10,23-25,27-31,35-36H2,(H,59,69)(H,60,71)/b11-7+. The minimum atomic E-state index is -1.41. The van der Waals surface area contributed by atoms with Crippen LogP contribution in [-0.4, -0.2) is 129 Å². The summed E-state index contributed by atoms with van der Waals surface area (Å²) in [6.45, 7) is 7.03. The fraction of sp³-hybridized carbons (Fsp3) is 0.276. The predicted molar refractivity (Wildman–Crippen MR) is 280 cm³/mol. The van der Waals surface area contributed by atoms with Crippen LogP contribution >= 0.6 is 0 Å². The smallest absolute Gasteiger partial charge is 0.340 e. The maximum Gasteiger partial charge on any atom is 0.340 e. The second kappa shape index (κ2) is 21.6. The monoisotopic (exact) mass is 1020 g/mol. The van der Waals surface area contributed by atoms with Crippen LogP contribution in [0.3, 0.4) is 0 Å². The molecule has 388 valence electrons. The van der Waals surface area contributed by atoms with E-state index >= 15 is 0 Å². The van der Waals surface area contributed by atoms with Gasteiger partial charge in [-0.15, -0.1) is 0 Å². The number of benzene rings is 5. The van der Waals surface area contributed by atoms with Gasteiger partial charge in [-0.1, -0.05) is 36.8 Å². The Bertz CT molecular complexity index is 3280. The molecule has 18 heteroatoms. The number of carbonyl (C=O) groups excluding carboxylic acids is 4. The van der Waals surface area contributed by atoms with Gasteiger partial charge in [-0.25, -0.2) is 9.78 Å². The molecule has 76 heavy (non-hydrogen) atoms. The zero-order chi connectivity index (χ0) is 52.2. The molecule has 5 aromatic carbocycles. The molecule has 3 amide bonds. The van der Waals surface area contributed by atoms with E-state index in [1.54, 1.807) is 30.3 Å². The molecule has 0 bridgehead atoms. The number of hydrogen-bond donors (Lipinski definition) is 4. The number of hydrogen-bond acceptors (Lipinski definition) is 14. The van der Waals surface area contributed by atoms with Gasteiger partial charge < -0.3 is 49.3 Å². The molecule has 2 saturated heterocycles. The first-order chi connectivity index (χ1) is 37.1. The number of piperazine rings is 1. The Hall–Kier alpha value is -8.74. The van der Waals surface area contributed by atoms with Crippen molar-refractivity contribution in [2.75, 3.05) is 65.4 Å². The number of nitrogens with one attached hydrogen (secondary N) is 2. The maximum absolute atomic E-state index is 13.4. The number of aromatic hydroxyl groups is 2. The van der Waals surface area contributed by atoms with E-state index in [4.69, 9.17) is 18.9 Å². The molecule has 11 rings (SSSR count). The highest BCUT2D eigenvalue weighted by atomic mass is 16.6. The number of aromatic nitrogens is 3. The van der Waals surface area contributed by atoms with Gasteiger partial charge >= 0.3 is 5.97 Å². The Kier molecular flexibility index (Phi) is 14.1. The van der Waals surface area contributed by atoms with Crippen LogP contribution in [0.2, 0.25) is 0 Å². The quantitative estimate of drug-likeness (QED) is 0.0370. The molecule has 2 aromatic heterocycles. The van der Waals surface area contributed by atoms with Crippen molar-refractivity contribution in [3.8, 4) is 46.1 Å². The van der Waals surface area contributed by atoms with E-state index in [2.05, 4.69) is 35.0 Å². The number of para-hydroxylation sites is 1. The summed E-state index contributed by atoms with van der Waals surface area (Å²) < 4.78 is 26.4. The Morgan fingerprint density at radius 3 is 2.14 bits per heavy atom. The second-order valence-electron chi connectivity index (χ2n) is 19.3. The van der Waals surface area contributed by atoms with Crippen LogP contribution in [0.5, 0.6) is 46.1 Å². The van der Waals surface area contributed by atoms with Gasteiger partial charge in [-0.3, -0.25) is 24.2 Å². The predicted octanol–water partition coefficient (Wildman–Crippen LogP) is 7.66. The first-order valence-electron chi connectivity index (χ1n) is 25.6. The van der Waals surface area contributed by atoms with E-state index in [-0.39, 0.29) is 52.3 Å². The van der Waals surface area contributed by atoms with Gasteiger partial charge in [0.2, 0.25) is 17.7 Å². The zero-order valence-electron chi connectivity index (χ0n) is 41.6. The van der Waals surface area contributed by atoms with Crippen molar-refractivity contribution in [1.82, 2.24) is 39.9 Å². The summed E-state index contributed by atoms with van der Waals surface area (Å²) in [7, 11) is 0. The van der Waals surface area contributed by atoms with E-state index < -0.39 is 11.6 Å². The second-order valence-corrected chi connectivity index (χ2v) is 19.3. The Labute approximate surface area is 438 Å². The minimum Gasteiger partial charge on any atom is -0.508 e. The maximum atomic E-state index is 13.4. The third kappa shape index (κ3) is 10.4. The Morgan fingerprint density at radius 1 is 0.724 bits per heavy atom. The van der Waals surface area contributed by atoms with Crippen LogP contribution in [0.15, 0.2) is 140 Å². The topological polar surface area (TPSA) is 210 Å². The van der Waals surface area contributed by atoms with Crippen molar-refractivity contribution in [2.24, 2.45) is 0 Å². The van der Waals surface area contributed by atoms with E-state index in [1.165, 1.54) is 36.7 Å². The van der Waals surface area contributed by atoms with E-state index in [9.17, 15) is 29.4 Å². The normalized spacial score (nSPS) is 15.8. The van der Waals surface area contributed by atoms with Gasteiger partial charge in [0.15, 0.2) is 5.60 Å². The van der Waals surface area contributed by atoms with Crippen molar-refractivity contribution < 1.29 is 48.3 Å². The molecular formula is C58H56N8O10. The van der Waals surface area contributed by atoms with Crippen molar-refractivity contribution >= 4 is 34.7 Å². The van der Waals surface area contributed by atoms with Gasteiger partial charge in [-0.2, -0.15) is 4.98 Å². The Balaban J connectivity index is 0.557. The molecule has 4 aliphatic rings. The molecule has 4 N–H and O–H groups in total. The lowest BCUT2D eigenvalue weighted by Gasteiger charge is -2.40. The number of rotatable bonds is 18. The van der Waals surface area contributed by atoms with Crippen LogP contribution in [0.4, 0.5) is 0 Å². The molecule has 18 nitrogen and oxygen atoms in total.